The molecule has 2 heterocycles. The third-order valence-corrected chi connectivity index (χ3v) is 8.51. The predicted molar refractivity (Wildman–Crippen MR) is 169 cm³/mol. The molecule has 0 radical (unpaired) electrons. The number of hydrogen-bond acceptors (Lipinski definition) is 6. The normalized spacial score (nSPS) is 12.9. The van der Waals surface area contributed by atoms with E-state index < -0.39 is 45.8 Å². The molecule has 2 amide bonds. The van der Waals surface area contributed by atoms with Crippen molar-refractivity contribution in [3.8, 4) is 22.5 Å². The van der Waals surface area contributed by atoms with Crippen LogP contribution in [-0.4, -0.2) is 45.5 Å². The highest BCUT2D eigenvalue weighted by atomic mass is 32.1. The third-order valence-electron chi connectivity index (χ3n) is 6.99. The molecule has 0 fully saturated rings. The van der Waals surface area contributed by atoms with Crippen molar-refractivity contribution in [2.75, 3.05) is 10.6 Å². The van der Waals surface area contributed by atoms with Gasteiger partial charge in [-0.05, 0) is 35.8 Å². The molecule has 2 aromatic heterocycles. The lowest BCUT2D eigenvalue weighted by Gasteiger charge is -2.35. The highest BCUT2D eigenvalue weighted by Crippen LogP contribution is 2.53. The van der Waals surface area contributed by atoms with Gasteiger partial charge in [0.15, 0.2) is 10.3 Å². The average Bonchev–Trinajstić information content (AvgIpc) is 3.67. The fourth-order valence-electron chi connectivity index (χ4n) is 4.52. The SMILES string of the molecule is CC(C)Cc1ccc(-c2csc(NC(=O)C(F)(F)C(F)(F)C(F)(F)C(F)(F)C(=O)Nc3nc(-c4ccc(CC(C)C)cc4)cs3)n2)cc1. The number of anilines is 2. The summed E-state index contributed by atoms with van der Waals surface area (Å²) in [7, 11) is 0. The number of hydrogen-bond donors (Lipinski definition) is 2. The quantitative estimate of drug-likeness (QED) is 0.135. The summed E-state index contributed by atoms with van der Waals surface area (Å²) >= 11 is 1.02. The maximum absolute atomic E-state index is 14.6. The molecule has 0 aliphatic carbocycles. The summed E-state index contributed by atoms with van der Waals surface area (Å²) in [5, 5.41) is 3.78. The molecule has 0 spiro atoms. The molecule has 0 atom stereocenters. The molecule has 4 rings (SSSR count). The van der Waals surface area contributed by atoms with Gasteiger partial charge in [0.05, 0.1) is 11.4 Å². The van der Waals surface area contributed by atoms with Crippen LogP contribution >= 0.6 is 22.7 Å². The van der Waals surface area contributed by atoms with E-state index in [4.69, 9.17) is 0 Å². The first kappa shape index (κ1) is 36.9. The first-order valence-electron chi connectivity index (χ1n) is 14.5. The van der Waals surface area contributed by atoms with Crippen molar-refractivity contribution in [2.24, 2.45) is 11.8 Å². The zero-order valence-electron chi connectivity index (χ0n) is 25.9. The zero-order valence-corrected chi connectivity index (χ0v) is 27.5. The number of rotatable bonds is 13. The maximum Gasteiger partial charge on any atom is 0.393 e. The Morgan fingerprint density at radius 2 is 0.917 bits per heavy atom. The number of carbonyl (C=O) groups excluding carboxylic acids is 2. The van der Waals surface area contributed by atoms with E-state index in [2.05, 4.69) is 9.97 Å². The van der Waals surface area contributed by atoms with E-state index in [0.29, 0.717) is 45.6 Å². The lowest BCUT2D eigenvalue weighted by Crippen LogP contribution is -2.67. The number of amides is 2. The molecule has 0 saturated carbocycles. The molecule has 0 unspecified atom stereocenters. The highest BCUT2D eigenvalue weighted by molar-refractivity contribution is 7.14. The molecule has 0 aliphatic heterocycles. The van der Waals surface area contributed by atoms with Gasteiger partial charge < -0.3 is 0 Å². The van der Waals surface area contributed by atoms with Gasteiger partial charge >= 0.3 is 35.5 Å². The third kappa shape index (κ3) is 7.53. The van der Waals surface area contributed by atoms with E-state index in [1.807, 2.05) is 27.7 Å². The monoisotopic (exact) mass is 718 g/mol. The molecule has 258 valence electrons. The molecule has 4 aromatic rings. The minimum atomic E-state index is -7.04. The van der Waals surface area contributed by atoms with Crippen LogP contribution in [0, 0.1) is 11.8 Å². The molecule has 6 nitrogen and oxygen atoms in total. The summed E-state index contributed by atoms with van der Waals surface area (Å²) in [4.78, 5) is 32.0. The van der Waals surface area contributed by atoms with Gasteiger partial charge in [0.25, 0.3) is 0 Å². The summed E-state index contributed by atoms with van der Waals surface area (Å²) in [5.74, 6) is -32.2. The Kier molecular flexibility index (Phi) is 10.7. The fourth-order valence-corrected chi connectivity index (χ4v) is 5.95. The Morgan fingerprint density at radius 3 is 1.21 bits per heavy atom. The molecule has 0 saturated heterocycles. The van der Waals surface area contributed by atoms with Gasteiger partial charge in [0.2, 0.25) is 0 Å². The Bertz CT molecular complexity index is 1610. The highest BCUT2D eigenvalue weighted by Gasteiger charge is 2.84. The number of thiazole rings is 2. The number of carbonyl (C=O) groups is 2. The number of nitrogens with zero attached hydrogens (tertiary/aromatic N) is 2. The van der Waals surface area contributed by atoms with Crippen molar-refractivity contribution in [1.29, 1.82) is 0 Å². The molecule has 16 heteroatoms. The van der Waals surface area contributed by atoms with Gasteiger partial charge in [0, 0.05) is 21.9 Å². The zero-order chi connectivity index (χ0) is 35.7. The van der Waals surface area contributed by atoms with Crippen LogP contribution in [0.2, 0.25) is 0 Å². The second kappa shape index (κ2) is 13.9. The predicted octanol–water partition coefficient (Wildman–Crippen LogP) is 9.45. The summed E-state index contributed by atoms with van der Waals surface area (Å²) in [6.07, 6.45) is 1.54. The minimum absolute atomic E-state index is 0.142. The number of halogens is 8. The van der Waals surface area contributed by atoms with E-state index in [9.17, 15) is 44.7 Å². The van der Waals surface area contributed by atoms with Crippen LogP contribution in [0.4, 0.5) is 45.4 Å². The molecule has 2 aromatic carbocycles. The molecule has 2 N–H and O–H groups in total. The summed E-state index contributed by atoms with van der Waals surface area (Å²) < 4.78 is 117. The maximum atomic E-state index is 14.6. The van der Waals surface area contributed by atoms with Gasteiger partial charge in [0.1, 0.15) is 0 Å². The Hall–Kier alpha value is -3.92. The topological polar surface area (TPSA) is 84.0 Å². The van der Waals surface area contributed by atoms with Gasteiger partial charge in [-0.2, -0.15) is 35.1 Å². The van der Waals surface area contributed by atoms with Crippen LogP contribution in [0.25, 0.3) is 22.5 Å². The van der Waals surface area contributed by atoms with Crippen LogP contribution in [0.5, 0.6) is 0 Å². The van der Waals surface area contributed by atoms with Crippen LogP contribution in [0.15, 0.2) is 59.3 Å². The van der Waals surface area contributed by atoms with E-state index in [-0.39, 0.29) is 11.4 Å². The van der Waals surface area contributed by atoms with E-state index >= 15 is 0 Å². The first-order chi connectivity index (χ1) is 22.3. The van der Waals surface area contributed by atoms with Crippen molar-refractivity contribution >= 4 is 44.8 Å². The standard InChI is InChI=1S/C32H30F8N4O2S2/c1-17(2)13-19-5-9-21(10-6-19)23-15-47-27(41-23)43-25(45)29(33,34)31(37,38)32(39,40)30(35,36)26(46)44-28-42-24(16-48-28)22-11-7-20(8-12-22)14-18(3)4/h5-12,15-18H,13-14H2,1-4H3,(H,41,43,45)(H,42,44,46). The van der Waals surface area contributed by atoms with Gasteiger partial charge in [-0.1, -0.05) is 76.2 Å². The van der Waals surface area contributed by atoms with Crippen molar-refractivity contribution < 1.29 is 44.7 Å². The smallest absolute Gasteiger partial charge is 0.296 e. The van der Waals surface area contributed by atoms with E-state index in [0.717, 1.165) is 24.0 Å². The fraction of sp³-hybridized carbons (Fsp3) is 0.375. The van der Waals surface area contributed by atoms with Crippen LogP contribution in [-0.2, 0) is 22.4 Å². The van der Waals surface area contributed by atoms with Crippen molar-refractivity contribution in [1.82, 2.24) is 9.97 Å². The number of benzene rings is 2. The Labute approximate surface area is 278 Å². The second-order valence-corrected chi connectivity index (χ2v) is 13.6. The van der Waals surface area contributed by atoms with E-state index in [1.165, 1.54) is 21.4 Å². The van der Waals surface area contributed by atoms with Gasteiger partial charge in [-0.15, -0.1) is 22.7 Å². The number of nitrogens with one attached hydrogen (secondary N) is 2. The van der Waals surface area contributed by atoms with Gasteiger partial charge in [-0.3, -0.25) is 20.2 Å². The lowest BCUT2D eigenvalue weighted by atomic mass is 9.97. The molecular weight excluding hydrogens is 688 g/mol. The van der Waals surface area contributed by atoms with Crippen molar-refractivity contribution in [3.63, 3.8) is 0 Å². The molecular formula is C32H30F8N4O2S2. The summed E-state index contributed by atoms with van der Waals surface area (Å²) in [6, 6.07) is 13.7. The first-order valence-corrected chi connectivity index (χ1v) is 16.3. The van der Waals surface area contributed by atoms with Crippen LogP contribution < -0.4 is 10.6 Å². The Morgan fingerprint density at radius 1 is 0.604 bits per heavy atom. The van der Waals surface area contributed by atoms with Crippen LogP contribution in [0.1, 0.15) is 38.8 Å². The van der Waals surface area contributed by atoms with E-state index in [1.54, 1.807) is 48.5 Å². The average molecular weight is 719 g/mol. The second-order valence-electron chi connectivity index (χ2n) is 11.9. The summed E-state index contributed by atoms with van der Waals surface area (Å²) in [5.41, 5.74) is 3.21. The molecule has 0 bridgehead atoms. The summed E-state index contributed by atoms with van der Waals surface area (Å²) in [6.45, 7) is 8.06. The van der Waals surface area contributed by atoms with Crippen molar-refractivity contribution in [3.05, 3.63) is 70.4 Å². The number of aromatic nitrogens is 2. The van der Waals surface area contributed by atoms with Crippen molar-refractivity contribution in [2.45, 2.75) is 64.2 Å². The number of alkyl halides is 8. The minimum Gasteiger partial charge on any atom is -0.296 e. The Balaban J connectivity index is 1.45. The molecule has 48 heavy (non-hydrogen) atoms. The lowest BCUT2D eigenvalue weighted by molar-refractivity contribution is -0.345. The largest absolute Gasteiger partial charge is 0.393 e. The van der Waals surface area contributed by atoms with Gasteiger partial charge in [-0.25, -0.2) is 9.97 Å². The van der Waals surface area contributed by atoms with Crippen LogP contribution in [0.3, 0.4) is 0 Å². The molecule has 0 aliphatic rings.